The van der Waals surface area contributed by atoms with Crippen LogP contribution in [0.4, 0.5) is 0 Å². The fourth-order valence-corrected chi connectivity index (χ4v) is 4.15. The van der Waals surface area contributed by atoms with Crippen LogP contribution in [0, 0.1) is 0 Å². The lowest BCUT2D eigenvalue weighted by Crippen LogP contribution is -2.31. The van der Waals surface area contributed by atoms with Gasteiger partial charge in [0.15, 0.2) is 0 Å². The van der Waals surface area contributed by atoms with E-state index >= 15 is 0 Å². The average molecular weight is 330 g/mol. The Morgan fingerprint density at radius 2 is 2.10 bits per heavy atom. The summed E-state index contributed by atoms with van der Waals surface area (Å²) in [6, 6.07) is 4.94. The molecular weight excluding hydrogens is 308 g/mol. The van der Waals surface area contributed by atoms with Gasteiger partial charge in [-0.25, -0.2) is 13.1 Å². The minimum Gasteiger partial charge on any atom is -0.496 e. The van der Waals surface area contributed by atoms with Gasteiger partial charge in [0.1, 0.15) is 5.75 Å². The van der Waals surface area contributed by atoms with E-state index in [0.717, 1.165) is 18.4 Å². The van der Waals surface area contributed by atoms with Gasteiger partial charge in [0, 0.05) is 23.4 Å². The highest BCUT2D eigenvalue weighted by Gasteiger charge is 2.42. The lowest BCUT2D eigenvalue weighted by Gasteiger charge is -2.15. The molecule has 0 atom stereocenters. The maximum Gasteiger partial charge on any atom is 0.240 e. The van der Waals surface area contributed by atoms with Gasteiger partial charge in [0.05, 0.1) is 12.0 Å². The molecule has 1 aliphatic rings. The topological polar surface area (TPSA) is 67.4 Å². The minimum absolute atomic E-state index is 0.105. The quantitative estimate of drug-likeness (QED) is 0.758. The second-order valence-corrected chi connectivity index (χ2v) is 8.26. The summed E-state index contributed by atoms with van der Waals surface area (Å²) in [4.78, 5) is 0.283. The molecule has 1 fully saturated rings. The molecule has 0 heterocycles. The summed E-state index contributed by atoms with van der Waals surface area (Å²) in [5.74, 6) is 0.686. The van der Waals surface area contributed by atoms with Gasteiger partial charge in [-0.3, -0.25) is 0 Å². The zero-order valence-corrected chi connectivity index (χ0v) is 14.2. The molecule has 1 aromatic carbocycles. The van der Waals surface area contributed by atoms with Gasteiger partial charge in [0.2, 0.25) is 10.0 Å². The summed E-state index contributed by atoms with van der Waals surface area (Å²) < 4.78 is 32.9. The summed E-state index contributed by atoms with van der Waals surface area (Å²) in [6.07, 6.45) is 4.17. The molecule has 5 nitrogen and oxygen atoms in total. The summed E-state index contributed by atoms with van der Waals surface area (Å²) in [7, 11) is -0.0827. The number of sulfonamides is 1. The Morgan fingerprint density at radius 1 is 1.38 bits per heavy atom. The largest absolute Gasteiger partial charge is 0.496 e. The number of hydrogen-bond donors (Lipinski definition) is 2. The van der Waals surface area contributed by atoms with Crippen LogP contribution in [0.5, 0.6) is 5.75 Å². The van der Waals surface area contributed by atoms with Crippen LogP contribution < -0.4 is 14.8 Å². The zero-order valence-electron chi connectivity index (χ0n) is 12.6. The van der Waals surface area contributed by atoms with Crippen molar-refractivity contribution in [2.45, 2.75) is 29.0 Å². The van der Waals surface area contributed by atoms with Crippen molar-refractivity contribution in [2.24, 2.45) is 0 Å². The highest BCUT2D eigenvalue weighted by molar-refractivity contribution is 8.00. The molecule has 0 unspecified atom stereocenters. The van der Waals surface area contributed by atoms with E-state index in [-0.39, 0.29) is 9.64 Å². The first kappa shape index (κ1) is 16.6. The third-order valence-corrected chi connectivity index (χ3v) is 6.57. The summed E-state index contributed by atoms with van der Waals surface area (Å²) >= 11 is 1.73. The van der Waals surface area contributed by atoms with E-state index in [1.807, 2.05) is 13.3 Å². The molecule has 2 N–H and O–H groups in total. The molecular formula is C14H22N2O3S2. The summed E-state index contributed by atoms with van der Waals surface area (Å²) in [5, 5.41) is 3.01. The molecule has 0 amide bonds. The van der Waals surface area contributed by atoms with Crippen molar-refractivity contribution >= 4 is 21.8 Å². The molecule has 0 aromatic heterocycles. The molecule has 1 saturated carbocycles. The number of nitrogens with one attached hydrogen (secondary N) is 2. The Morgan fingerprint density at radius 3 is 2.62 bits per heavy atom. The Labute approximate surface area is 130 Å². The van der Waals surface area contributed by atoms with Gasteiger partial charge in [-0.05, 0) is 44.3 Å². The van der Waals surface area contributed by atoms with Crippen molar-refractivity contribution in [3.63, 3.8) is 0 Å². The van der Waals surface area contributed by atoms with Crippen LogP contribution in [0.25, 0.3) is 0 Å². The predicted molar refractivity (Wildman–Crippen MR) is 86.4 cm³/mol. The monoisotopic (exact) mass is 330 g/mol. The number of thioether (sulfide) groups is 1. The van der Waals surface area contributed by atoms with Crippen LogP contribution in [0.2, 0.25) is 0 Å². The highest BCUT2D eigenvalue weighted by Crippen LogP contribution is 2.46. The van der Waals surface area contributed by atoms with Gasteiger partial charge in [-0.15, -0.1) is 0 Å². The van der Waals surface area contributed by atoms with Crippen molar-refractivity contribution in [3.05, 3.63) is 23.8 Å². The van der Waals surface area contributed by atoms with Crippen LogP contribution in [-0.2, 0) is 16.6 Å². The number of hydrogen-bond acceptors (Lipinski definition) is 5. The number of methoxy groups -OCH3 is 1. The first-order valence-corrected chi connectivity index (χ1v) is 9.53. The first-order chi connectivity index (χ1) is 9.96. The second-order valence-electron chi connectivity index (χ2n) is 5.22. The molecule has 118 valence electrons. The molecule has 21 heavy (non-hydrogen) atoms. The molecule has 1 aromatic rings. The van der Waals surface area contributed by atoms with E-state index in [2.05, 4.69) is 10.0 Å². The highest BCUT2D eigenvalue weighted by atomic mass is 32.2. The lowest BCUT2D eigenvalue weighted by molar-refractivity contribution is 0.408. The Balaban J connectivity index is 2.17. The normalized spacial score (nSPS) is 16.7. The Hall–Kier alpha value is -0.760. The number of benzene rings is 1. The standard InChI is InChI=1S/C14H22N2O3S2/c1-15-9-11-8-12(4-5-13(11)19-2)21(17,18)16-10-14(20-3)6-7-14/h4-5,8,15-16H,6-7,9-10H2,1-3H3. The van der Waals surface area contributed by atoms with E-state index in [1.165, 1.54) is 0 Å². The maximum absolute atomic E-state index is 12.4. The average Bonchev–Trinajstić information content (AvgIpc) is 3.26. The van der Waals surface area contributed by atoms with Crippen molar-refractivity contribution in [1.29, 1.82) is 0 Å². The van der Waals surface area contributed by atoms with Gasteiger partial charge >= 0.3 is 0 Å². The second kappa shape index (κ2) is 6.56. The molecule has 0 aliphatic heterocycles. The summed E-state index contributed by atoms with van der Waals surface area (Å²) in [5.41, 5.74) is 0.828. The van der Waals surface area contributed by atoms with Gasteiger partial charge in [-0.2, -0.15) is 11.8 Å². The Bertz CT molecular complexity index is 598. The fourth-order valence-electron chi connectivity index (χ4n) is 2.15. The zero-order chi connectivity index (χ0) is 15.5. The van der Waals surface area contributed by atoms with E-state index in [4.69, 9.17) is 4.74 Å². The van der Waals surface area contributed by atoms with Crippen LogP contribution >= 0.6 is 11.8 Å². The fraction of sp³-hybridized carbons (Fsp3) is 0.571. The van der Waals surface area contributed by atoms with Gasteiger partial charge in [-0.1, -0.05) is 0 Å². The number of rotatable bonds is 8. The van der Waals surface area contributed by atoms with Gasteiger partial charge < -0.3 is 10.1 Å². The molecule has 0 radical (unpaired) electrons. The third kappa shape index (κ3) is 3.91. The molecule has 0 saturated heterocycles. The summed E-state index contributed by atoms with van der Waals surface area (Å²) in [6.45, 7) is 1.05. The van der Waals surface area contributed by atoms with E-state index in [0.29, 0.717) is 18.8 Å². The van der Waals surface area contributed by atoms with E-state index < -0.39 is 10.0 Å². The number of ether oxygens (including phenoxy) is 1. The minimum atomic E-state index is -3.48. The molecule has 2 rings (SSSR count). The molecule has 0 bridgehead atoms. The van der Waals surface area contributed by atoms with Gasteiger partial charge in [0.25, 0.3) is 0 Å². The van der Waals surface area contributed by atoms with Crippen LogP contribution in [-0.4, -0.2) is 40.1 Å². The van der Waals surface area contributed by atoms with Crippen LogP contribution in [0.1, 0.15) is 18.4 Å². The van der Waals surface area contributed by atoms with Crippen molar-refractivity contribution in [1.82, 2.24) is 10.0 Å². The SMILES string of the molecule is CNCc1cc(S(=O)(=O)NCC2(SC)CC2)ccc1OC. The van der Waals surface area contributed by atoms with E-state index in [1.54, 1.807) is 37.1 Å². The van der Waals surface area contributed by atoms with Crippen molar-refractivity contribution in [2.75, 3.05) is 27.0 Å². The smallest absolute Gasteiger partial charge is 0.240 e. The molecule has 1 aliphatic carbocycles. The molecule has 0 spiro atoms. The Kier molecular flexibility index (Phi) is 5.19. The predicted octanol–water partition coefficient (Wildman–Crippen LogP) is 1.59. The van der Waals surface area contributed by atoms with E-state index in [9.17, 15) is 8.42 Å². The van der Waals surface area contributed by atoms with Crippen molar-refractivity contribution in [3.8, 4) is 5.75 Å². The van der Waals surface area contributed by atoms with Crippen molar-refractivity contribution < 1.29 is 13.2 Å². The molecule has 7 heteroatoms. The first-order valence-electron chi connectivity index (χ1n) is 6.83. The van der Waals surface area contributed by atoms with Crippen LogP contribution in [0.15, 0.2) is 23.1 Å². The maximum atomic E-state index is 12.4. The lowest BCUT2D eigenvalue weighted by atomic mass is 10.2. The van der Waals surface area contributed by atoms with Crippen LogP contribution in [0.3, 0.4) is 0 Å². The third-order valence-electron chi connectivity index (χ3n) is 3.75.